The summed E-state index contributed by atoms with van der Waals surface area (Å²) >= 11 is 0. The molecule has 3 nitrogen and oxygen atoms in total. The van der Waals surface area contributed by atoms with E-state index >= 15 is 0 Å². The van der Waals surface area contributed by atoms with Gasteiger partial charge in [0.15, 0.2) is 0 Å². The van der Waals surface area contributed by atoms with Crippen molar-refractivity contribution in [3.63, 3.8) is 0 Å². The maximum Gasteiger partial charge on any atom is 0.114 e. The van der Waals surface area contributed by atoms with Gasteiger partial charge in [0, 0.05) is 8.07 Å². The van der Waals surface area contributed by atoms with Gasteiger partial charge in [-0.3, -0.25) is 4.90 Å². The molecule has 2 fully saturated rings. The average molecular weight is 297 g/mol. The largest absolute Gasteiger partial charge is 0.396 e. The third-order valence-electron chi connectivity index (χ3n) is 4.50. The molecule has 1 saturated carbocycles. The second kappa shape index (κ2) is 7.60. The van der Waals surface area contributed by atoms with E-state index < -0.39 is 8.07 Å². The molecule has 0 amide bonds. The standard InChI is InChI=1S/C16H32N2OSi/c1-20(2,3)14-13-19-17-15-9-5-6-10-16(15)18-11-7-4-8-12-18/h16H,4-14H2,1-3H3. The highest BCUT2D eigenvalue weighted by molar-refractivity contribution is 6.76. The van der Waals surface area contributed by atoms with Crippen molar-refractivity contribution >= 4 is 13.8 Å². The molecule has 0 N–H and O–H groups in total. The molecule has 0 aromatic heterocycles. The summed E-state index contributed by atoms with van der Waals surface area (Å²) in [4.78, 5) is 8.32. The Morgan fingerprint density at radius 1 is 1.10 bits per heavy atom. The van der Waals surface area contributed by atoms with E-state index in [1.165, 1.54) is 63.4 Å². The number of oxime groups is 1. The van der Waals surface area contributed by atoms with Crippen LogP contribution in [-0.4, -0.2) is 44.4 Å². The fourth-order valence-corrected chi connectivity index (χ4v) is 3.89. The molecule has 0 aromatic rings. The predicted molar refractivity (Wildman–Crippen MR) is 89.2 cm³/mol. The molecule has 0 radical (unpaired) electrons. The van der Waals surface area contributed by atoms with Gasteiger partial charge in [-0.05, 0) is 51.2 Å². The number of likely N-dealkylation sites (tertiary alicyclic amines) is 1. The van der Waals surface area contributed by atoms with Crippen LogP contribution >= 0.6 is 0 Å². The SMILES string of the molecule is C[Si](C)(C)CCON=C1CCCCC1N1CCCCC1. The summed E-state index contributed by atoms with van der Waals surface area (Å²) in [6.07, 6.45) is 9.21. The third-order valence-corrected chi connectivity index (χ3v) is 6.21. The lowest BCUT2D eigenvalue weighted by atomic mass is 9.91. The second-order valence-corrected chi connectivity index (χ2v) is 13.2. The minimum Gasteiger partial charge on any atom is -0.396 e. The Labute approximate surface area is 125 Å². The summed E-state index contributed by atoms with van der Waals surface area (Å²) in [6.45, 7) is 10.5. The van der Waals surface area contributed by atoms with Crippen LogP contribution in [-0.2, 0) is 4.84 Å². The molecular weight excluding hydrogens is 264 g/mol. The van der Waals surface area contributed by atoms with E-state index in [1.807, 2.05) is 0 Å². The van der Waals surface area contributed by atoms with Crippen LogP contribution in [0.1, 0.15) is 44.9 Å². The molecule has 0 spiro atoms. The third kappa shape index (κ3) is 5.21. The van der Waals surface area contributed by atoms with Gasteiger partial charge in [0.1, 0.15) is 6.61 Å². The molecule has 116 valence electrons. The topological polar surface area (TPSA) is 24.8 Å². The summed E-state index contributed by atoms with van der Waals surface area (Å²) < 4.78 is 0. The van der Waals surface area contributed by atoms with Crippen LogP contribution in [0.15, 0.2) is 5.16 Å². The lowest BCUT2D eigenvalue weighted by molar-refractivity contribution is 0.143. The molecule has 2 rings (SSSR count). The van der Waals surface area contributed by atoms with Gasteiger partial charge in [-0.15, -0.1) is 0 Å². The van der Waals surface area contributed by atoms with Gasteiger partial charge < -0.3 is 4.84 Å². The predicted octanol–water partition coefficient (Wildman–Crippen LogP) is 4.13. The molecule has 1 aliphatic carbocycles. The number of piperidine rings is 1. The number of hydrogen-bond donors (Lipinski definition) is 0. The Bertz CT molecular complexity index is 319. The van der Waals surface area contributed by atoms with Crippen molar-refractivity contribution < 1.29 is 4.84 Å². The fourth-order valence-electron chi connectivity index (χ4n) is 3.19. The number of nitrogens with zero attached hydrogens (tertiary/aromatic N) is 2. The first-order chi connectivity index (χ1) is 9.56. The van der Waals surface area contributed by atoms with Crippen molar-refractivity contribution in [2.45, 2.75) is 76.7 Å². The van der Waals surface area contributed by atoms with Gasteiger partial charge in [-0.2, -0.15) is 0 Å². The Morgan fingerprint density at radius 3 is 2.55 bits per heavy atom. The van der Waals surface area contributed by atoms with Crippen LogP contribution in [0.25, 0.3) is 0 Å². The molecule has 0 aromatic carbocycles. The van der Waals surface area contributed by atoms with Crippen LogP contribution in [0, 0.1) is 0 Å². The molecule has 1 heterocycles. The zero-order chi connectivity index (χ0) is 14.4. The van der Waals surface area contributed by atoms with Crippen LogP contribution in [0.5, 0.6) is 0 Å². The number of rotatable bonds is 5. The first-order valence-electron chi connectivity index (χ1n) is 8.49. The molecule has 1 saturated heterocycles. The van der Waals surface area contributed by atoms with Gasteiger partial charge in [0.05, 0.1) is 11.8 Å². The molecule has 0 bridgehead atoms. The quantitative estimate of drug-likeness (QED) is 0.433. The maximum atomic E-state index is 5.67. The summed E-state index contributed by atoms with van der Waals surface area (Å²) in [6, 6.07) is 1.79. The zero-order valence-corrected chi connectivity index (χ0v) is 14.7. The molecule has 1 atom stereocenters. The molecular formula is C16H32N2OSi. The fraction of sp³-hybridized carbons (Fsp3) is 0.938. The minimum absolute atomic E-state index is 0.580. The van der Waals surface area contributed by atoms with Gasteiger partial charge in [0.2, 0.25) is 0 Å². The Kier molecular flexibility index (Phi) is 6.09. The zero-order valence-electron chi connectivity index (χ0n) is 13.7. The number of hydrogen-bond acceptors (Lipinski definition) is 3. The van der Waals surface area contributed by atoms with Crippen molar-refractivity contribution in [3.05, 3.63) is 0 Å². The van der Waals surface area contributed by atoms with Gasteiger partial charge in [-0.1, -0.05) is 37.6 Å². The second-order valence-electron chi connectivity index (χ2n) is 7.58. The lowest BCUT2D eigenvalue weighted by Crippen LogP contribution is -2.45. The van der Waals surface area contributed by atoms with Crippen molar-refractivity contribution in [3.8, 4) is 0 Å². The molecule has 1 aliphatic heterocycles. The van der Waals surface area contributed by atoms with Crippen LogP contribution in [0.2, 0.25) is 25.7 Å². The Hall–Kier alpha value is -0.353. The molecule has 2 aliphatic rings. The molecule has 20 heavy (non-hydrogen) atoms. The van der Waals surface area contributed by atoms with Crippen LogP contribution < -0.4 is 0 Å². The lowest BCUT2D eigenvalue weighted by Gasteiger charge is -2.37. The minimum atomic E-state index is -0.998. The van der Waals surface area contributed by atoms with Crippen molar-refractivity contribution in [2.75, 3.05) is 19.7 Å². The van der Waals surface area contributed by atoms with E-state index in [0.717, 1.165) is 13.0 Å². The smallest absolute Gasteiger partial charge is 0.114 e. The van der Waals surface area contributed by atoms with E-state index in [0.29, 0.717) is 6.04 Å². The first kappa shape index (κ1) is 16.0. The van der Waals surface area contributed by atoms with Gasteiger partial charge in [-0.25, -0.2) is 0 Å². The Balaban J connectivity index is 1.85. The van der Waals surface area contributed by atoms with Crippen LogP contribution in [0.4, 0.5) is 0 Å². The molecule has 1 unspecified atom stereocenters. The summed E-state index contributed by atoms with van der Waals surface area (Å²) in [5.41, 5.74) is 1.33. The van der Waals surface area contributed by atoms with E-state index in [2.05, 4.69) is 29.7 Å². The summed E-state index contributed by atoms with van der Waals surface area (Å²) in [5.74, 6) is 0. The van der Waals surface area contributed by atoms with E-state index in [1.54, 1.807) is 0 Å². The van der Waals surface area contributed by atoms with E-state index in [-0.39, 0.29) is 0 Å². The van der Waals surface area contributed by atoms with Crippen molar-refractivity contribution in [2.24, 2.45) is 5.16 Å². The Morgan fingerprint density at radius 2 is 1.85 bits per heavy atom. The monoisotopic (exact) mass is 296 g/mol. The summed E-state index contributed by atoms with van der Waals surface area (Å²) in [5, 5.41) is 4.54. The van der Waals surface area contributed by atoms with Gasteiger partial charge in [0.25, 0.3) is 0 Å². The highest BCUT2D eigenvalue weighted by Crippen LogP contribution is 2.24. The van der Waals surface area contributed by atoms with E-state index in [4.69, 9.17) is 4.84 Å². The van der Waals surface area contributed by atoms with Crippen LogP contribution in [0.3, 0.4) is 0 Å². The summed E-state index contributed by atoms with van der Waals surface area (Å²) in [7, 11) is -0.998. The normalized spacial score (nSPS) is 27.8. The van der Waals surface area contributed by atoms with Crippen molar-refractivity contribution in [1.82, 2.24) is 4.90 Å². The van der Waals surface area contributed by atoms with E-state index in [9.17, 15) is 0 Å². The molecule has 4 heteroatoms. The van der Waals surface area contributed by atoms with Gasteiger partial charge >= 0.3 is 0 Å². The highest BCUT2D eigenvalue weighted by atomic mass is 28.3. The maximum absolute atomic E-state index is 5.67. The van der Waals surface area contributed by atoms with Crippen molar-refractivity contribution in [1.29, 1.82) is 0 Å². The highest BCUT2D eigenvalue weighted by Gasteiger charge is 2.28. The first-order valence-corrected chi connectivity index (χ1v) is 12.2. The average Bonchev–Trinajstić information content (AvgIpc) is 2.44.